The number of aromatic nitrogens is 7. The van der Waals surface area contributed by atoms with E-state index >= 15 is 0 Å². The molecule has 5 aromatic rings. The van der Waals surface area contributed by atoms with Crippen LogP contribution in [0.4, 0.5) is 5.82 Å². The summed E-state index contributed by atoms with van der Waals surface area (Å²) in [6, 6.07) is 14.1. The number of aryl methyl sites for hydroxylation is 2. The molecule has 0 aliphatic heterocycles. The fourth-order valence-corrected chi connectivity index (χ4v) is 4.37. The Morgan fingerprint density at radius 3 is 2.78 bits per heavy atom. The second kappa shape index (κ2) is 6.96. The molecule has 0 radical (unpaired) electrons. The molecule has 0 saturated carbocycles. The van der Waals surface area contributed by atoms with E-state index in [4.69, 9.17) is 21.4 Å². The number of nitrogens with two attached hydrogens (primary N) is 2. The molecule has 9 nitrogen and oxygen atoms in total. The molecule has 32 heavy (non-hydrogen) atoms. The molecular weight excluding hydrogens is 402 g/mol. The number of fused-ring (bicyclic) bond motifs is 2. The first kappa shape index (κ1) is 18.6. The summed E-state index contributed by atoms with van der Waals surface area (Å²) < 4.78 is 2.03. The van der Waals surface area contributed by atoms with E-state index in [0.29, 0.717) is 23.0 Å². The van der Waals surface area contributed by atoms with Crippen LogP contribution in [-0.4, -0.2) is 34.5 Å². The van der Waals surface area contributed by atoms with Crippen LogP contribution in [-0.2, 0) is 13.5 Å². The van der Waals surface area contributed by atoms with Crippen LogP contribution in [0.3, 0.4) is 0 Å². The van der Waals surface area contributed by atoms with Gasteiger partial charge in [0.1, 0.15) is 17.0 Å². The van der Waals surface area contributed by atoms with Crippen molar-refractivity contribution in [1.29, 1.82) is 0 Å². The molecular formula is C23H21N9. The molecule has 0 saturated heterocycles. The van der Waals surface area contributed by atoms with E-state index in [0.717, 1.165) is 35.3 Å². The van der Waals surface area contributed by atoms with Gasteiger partial charge in [0.2, 0.25) is 0 Å². The fraction of sp³-hybridized carbons (Fsp3) is 0.174. The van der Waals surface area contributed by atoms with Gasteiger partial charge < -0.3 is 11.5 Å². The molecule has 0 spiro atoms. The lowest BCUT2D eigenvalue weighted by molar-refractivity contribution is 0.655. The van der Waals surface area contributed by atoms with Crippen LogP contribution in [0.25, 0.3) is 39.6 Å². The van der Waals surface area contributed by atoms with Gasteiger partial charge in [-0.05, 0) is 60.4 Å². The molecule has 9 heteroatoms. The molecule has 1 aliphatic carbocycles. The zero-order chi connectivity index (χ0) is 21.8. The lowest BCUT2D eigenvalue weighted by Crippen LogP contribution is -2.06. The molecule has 158 valence electrons. The Morgan fingerprint density at radius 2 is 1.97 bits per heavy atom. The summed E-state index contributed by atoms with van der Waals surface area (Å²) >= 11 is 0. The van der Waals surface area contributed by atoms with Gasteiger partial charge in [0.05, 0.1) is 17.5 Å². The number of anilines is 1. The van der Waals surface area contributed by atoms with Gasteiger partial charge in [-0.25, -0.2) is 15.0 Å². The minimum Gasteiger partial charge on any atom is -0.383 e. The van der Waals surface area contributed by atoms with Gasteiger partial charge >= 0.3 is 0 Å². The summed E-state index contributed by atoms with van der Waals surface area (Å²) in [4.78, 5) is 15.6. The van der Waals surface area contributed by atoms with E-state index in [1.807, 2.05) is 28.8 Å². The maximum atomic E-state index is 6.26. The Kier molecular flexibility index (Phi) is 4.05. The van der Waals surface area contributed by atoms with Crippen LogP contribution >= 0.6 is 0 Å². The summed E-state index contributed by atoms with van der Waals surface area (Å²) in [5.41, 5.74) is 19.6. The quantitative estimate of drug-likeness (QED) is 0.457. The van der Waals surface area contributed by atoms with Crippen molar-refractivity contribution < 1.29 is 0 Å². The van der Waals surface area contributed by atoms with E-state index in [1.54, 1.807) is 19.4 Å². The van der Waals surface area contributed by atoms with Crippen molar-refractivity contribution in [2.24, 2.45) is 12.8 Å². The second-order valence-corrected chi connectivity index (χ2v) is 7.99. The fourth-order valence-electron chi connectivity index (χ4n) is 4.37. The highest BCUT2D eigenvalue weighted by Gasteiger charge is 2.23. The lowest BCUT2D eigenvalue weighted by atomic mass is 10.1. The average Bonchev–Trinajstić information content (AvgIpc) is 3.50. The predicted octanol–water partition coefficient (Wildman–Crippen LogP) is 2.81. The number of imidazole rings is 1. The second-order valence-electron chi connectivity index (χ2n) is 7.99. The van der Waals surface area contributed by atoms with Crippen molar-refractivity contribution in [2.45, 2.75) is 18.9 Å². The van der Waals surface area contributed by atoms with Crippen molar-refractivity contribution in [3.05, 3.63) is 66.0 Å². The molecule has 4 N–H and O–H groups in total. The van der Waals surface area contributed by atoms with Crippen molar-refractivity contribution in [1.82, 2.24) is 34.5 Å². The molecule has 6 rings (SSSR count). The number of hydrogen-bond acceptors (Lipinski definition) is 7. The Bertz CT molecular complexity index is 1480. The summed E-state index contributed by atoms with van der Waals surface area (Å²) in [7, 11) is 1.78. The SMILES string of the molecule is Cn1ncc(-c2ccc3nc(-c4cccnc4N)n(-c4ccc5c(c4)CC[C@@H]5N)c3n2)n1. The Labute approximate surface area is 183 Å². The van der Waals surface area contributed by atoms with Gasteiger partial charge in [-0.15, -0.1) is 0 Å². The minimum absolute atomic E-state index is 0.0911. The number of rotatable bonds is 3. The number of nitrogen functional groups attached to an aromatic ring is 1. The summed E-state index contributed by atoms with van der Waals surface area (Å²) in [6.45, 7) is 0. The molecule has 4 aromatic heterocycles. The van der Waals surface area contributed by atoms with Crippen LogP contribution in [0, 0.1) is 0 Å². The van der Waals surface area contributed by atoms with E-state index in [9.17, 15) is 0 Å². The van der Waals surface area contributed by atoms with Gasteiger partial charge in [-0.2, -0.15) is 15.0 Å². The van der Waals surface area contributed by atoms with Crippen LogP contribution < -0.4 is 11.5 Å². The predicted molar refractivity (Wildman–Crippen MR) is 122 cm³/mol. The third-order valence-corrected chi connectivity index (χ3v) is 5.95. The molecule has 1 aliphatic rings. The number of pyridine rings is 2. The number of hydrogen-bond donors (Lipinski definition) is 2. The van der Waals surface area contributed by atoms with Gasteiger partial charge in [0, 0.05) is 25.0 Å². The third kappa shape index (κ3) is 2.86. The maximum absolute atomic E-state index is 6.26. The molecule has 0 fully saturated rings. The zero-order valence-corrected chi connectivity index (χ0v) is 17.5. The largest absolute Gasteiger partial charge is 0.383 e. The zero-order valence-electron chi connectivity index (χ0n) is 17.5. The first-order chi connectivity index (χ1) is 15.6. The van der Waals surface area contributed by atoms with Crippen LogP contribution in [0.2, 0.25) is 0 Å². The van der Waals surface area contributed by atoms with Gasteiger partial charge in [-0.1, -0.05) is 6.07 Å². The van der Waals surface area contributed by atoms with Crippen molar-refractivity contribution >= 4 is 17.0 Å². The minimum atomic E-state index is 0.0911. The monoisotopic (exact) mass is 423 g/mol. The first-order valence-corrected chi connectivity index (χ1v) is 10.4. The molecule has 0 bridgehead atoms. The van der Waals surface area contributed by atoms with Crippen molar-refractivity contribution in [3.8, 4) is 28.5 Å². The standard InChI is InChI=1S/C23H21N9/c1-31-27-12-20(30-31)18-8-9-19-23(28-18)32(22(29-19)16-3-2-10-26-21(16)25)14-5-6-15-13(11-14)4-7-17(15)24/h2-3,5-6,8-12,17H,4,7,24H2,1H3,(H2,25,26)/t17-/m0/s1. The Balaban J connectivity index is 1.63. The van der Waals surface area contributed by atoms with E-state index in [1.165, 1.54) is 15.9 Å². The Hall–Kier alpha value is -4.11. The third-order valence-electron chi connectivity index (χ3n) is 5.95. The molecule has 1 atom stereocenters. The van der Waals surface area contributed by atoms with E-state index < -0.39 is 0 Å². The van der Waals surface area contributed by atoms with Crippen molar-refractivity contribution in [2.75, 3.05) is 5.73 Å². The van der Waals surface area contributed by atoms with Gasteiger partial charge in [0.25, 0.3) is 0 Å². The highest BCUT2D eigenvalue weighted by molar-refractivity contribution is 5.84. The Morgan fingerprint density at radius 1 is 1.06 bits per heavy atom. The van der Waals surface area contributed by atoms with E-state index in [2.05, 4.69) is 33.4 Å². The summed E-state index contributed by atoms with van der Waals surface area (Å²) in [5.74, 6) is 1.11. The highest BCUT2D eigenvalue weighted by Crippen LogP contribution is 2.35. The number of nitrogens with zero attached hydrogens (tertiary/aromatic N) is 7. The van der Waals surface area contributed by atoms with E-state index in [-0.39, 0.29) is 6.04 Å². The molecule has 1 aromatic carbocycles. The molecule has 4 heterocycles. The van der Waals surface area contributed by atoms with Crippen molar-refractivity contribution in [3.63, 3.8) is 0 Å². The topological polar surface area (TPSA) is 126 Å². The molecule has 0 unspecified atom stereocenters. The van der Waals surface area contributed by atoms with Gasteiger partial charge in [-0.3, -0.25) is 4.57 Å². The molecule has 0 amide bonds. The van der Waals surface area contributed by atoms with Crippen LogP contribution in [0.5, 0.6) is 0 Å². The summed E-state index contributed by atoms with van der Waals surface area (Å²) in [6.07, 6.45) is 5.29. The van der Waals surface area contributed by atoms with Crippen LogP contribution in [0.15, 0.2) is 54.9 Å². The normalized spacial score (nSPS) is 15.4. The maximum Gasteiger partial charge on any atom is 0.165 e. The lowest BCUT2D eigenvalue weighted by Gasteiger charge is -2.12. The van der Waals surface area contributed by atoms with Gasteiger partial charge in [0.15, 0.2) is 11.5 Å². The van der Waals surface area contributed by atoms with Crippen LogP contribution in [0.1, 0.15) is 23.6 Å². The smallest absolute Gasteiger partial charge is 0.165 e. The highest BCUT2D eigenvalue weighted by atomic mass is 15.4. The first-order valence-electron chi connectivity index (χ1n) is 10.4. The average molecular weight is 423 g/mol. The number of benzene rings is 1. The summed E-state index contributed by atoms with van der Waals surface area (Å²) in [5, 5.41) is 8.57.